The van der Waals surface area contributed by atoms with Crippen LogP contribution in [0.15, 0.2) is 39.7 Å². The highest BCUT2D eigenvalue weighted by Gasteiger charge is 2.42. The van der Waals surface area contributed by atoms with Gasteiger partial charge in [0.05, 0.1) is 16.6 Å². The molecule has 1 N–H and O–H groups in total. The van der Waals surface area contributed by atoms with Gasteiger partial charge in [0.25, 0.3) is 5.92 Å². The minimum Gasteiger partial charge on any atom is -0.361 e. The molecule has 1 fully saturated rings. The number of carbonyl (C=O) groups excluding carboxylic acids is 1. The highest BCUT2D eigenvalue weighted by molar-refractivity contribution is 6.31. The topological polar surface area (TPSA) is 83.6 Å². The van der Waals surface area contributed by atoms with Crippen molar-refractivity contribution in [2.45, 2.75) is 58.0 Å². The Morgan fingerprint density at radius 3 is 2.61 bits per heavy atom. The van der Waals surface area contributed by atoms with Crippen LogP contribution >= 0.6 is 11.6 Å². The van der Waals surface area contributed by atoms with Crippen molar-refractivity contribution in [2.75, 3.05) is 13.1 Å². The van der Waals surface area contributed by atoms with E-state index in [4.69, 9.17) is 16.1 Å². The molecule has 2 aromatic rings. The van der Waals surface area contributed by atoms with Gasteiger partial charge < -0.3 is 9.42 Å². The van der Waals surface area contributed by atoms with Crippen molar-refractivity contribution in [3.8, 4) is 11.3 Å². The van der Waals surface area contributed by atoms with Crippen LogP contribution < -0.4 is 5.32 Å². The highest BCUT2D eigenvalue weighted by atomic mass is 35.5. The molecule has 0 aromatic carbocycles. The summed E-state index contributed by atoms with van der Waals surface area (Å²) in [5.74, 6) is -3.44. The molecule has 2 aliphatic rings. The van der Waals surface area contributed by atoms with E-state index >= 15 is 4.39 Å². The van der Waals surface area contributed by atoms with E-state index in [-0.39, 0.29) is 48.9 Å². The van der Waals surface area contributed by atoms with Crippen molar-refractivity contribution < 1.29 is 22.5 Å². The Hall–Kier alpha value is -2.88. The Kier molecular flexibility index (Phi) is 7.45. The van der Waals surface area contributed by atoms with Gasteiger partial charge in [0.15, 0.2) is 5.67 Å². The van der Waals surface area contributed by atoms with E-state index in [0.29, 0.717) is 17.7 Å². The van der Waals surface area contributed by atoms with Crippen molar-refractivity contribution in [1.29, 1.82) is 0 Å². The normalized spacial score (nSPS) is 21.9. The van der Waals surface area contributed by atoms with Gasteiger partial charge in [0.2, 0.25) is 0 Å². The summed E-state index contributed by atoms with van der Waals surface area (Å²) in [6.07, 6.45) is 4.68. The molecule has 2 atom stereocenters. The van der Waals surface area contributed by atoms with Crippen molar-refractivity contribution >= 4 is 23.8 Å². The number of amides is 2. The lowest BCUT2D eigenvalue weighted by Gasteiger charge is -2.36. The number of carbonyl (C=O) groups is 1. The lowest BCUT2D eigenvalue weighted by molar-refractivity contribution is -0.0461. The smallest absolute Gasteiger partial charge is 0.323 e. The van der Waals surface area contributed by atoms with E-state index in [2.05, 4.69) is 20.4 Å². The molecule has 4 rings (SSSR count). The fourth-order valence-electron chi connectivity index (χ4n) is 4.51. The largest absolute Gasteiger partial charge is 0.361 e. The fraction of sp³-hybridized carbons (Fsp3) is 0.520. The predicted octanol–water partition coefficient (Wildman–Crippen LogP) is 6.15. The molecule has 0 spiro atoms. The second-order valence-electron chi connectivity index (χ2n) is 9.30. The lowest BCUT2D eigenvalue weighted by Crippen LogP contribution is -2.47. The first kappa shape index (κ1) is 26.2. The Labute approximate surface area is 212 Å². The molecule has 2 unspecified atom stereocenters. The molecule has 0 saturated carbocycles. The molecule has 1 saturated heterocycles. The van der Waals surface area contributed by atoms with Crippen molar-refractivity contribution in [2.24, 2.45) is 16.8 Å². The molecule has 2 aromatic heterocycles. The van der Waals surface area contributed by atoms with Crippen molar-refractivity contribution in [3.05, 3.63) is 46.7 Å². The summed E-state index contributed by atoms with van der Waals surface area (Å²) in [5, 5.41) is 6.82. The van der Waals surface area contributed by atoms with Crippen LogP contribution in [0.5, 0.6) is 0 Å². The standard InChI is InChI=1S/C25H29ClF3N5O2/c1-4-17-12-20(33-36-17)16-11-19(26)22(31-13-16)24(27)6-8-34(9-7-24)23(35)32-21-10-15(3)18(14-30-21)25(28,29)5-2/h10-15,18H,4-9H2,1-3H3,(H,32,35). The van der Waals surface area contributed by atoms with E-state index in [0.717, 1.165) is 5.76 Å². The minimum atomic E-state index is -2.87. The van der Waals surface area contributed by atoms with Gasteiger partial charge in [-0.2, -0.15) is 0 Å². The van der Waals surface area contributed by atoms with Crippen LogP contribution in [0.25, 0.3) is 11.3 Å². The van der Waals surface area contributed by atoms with Crippen LogP contribution in [-0.2, 0) is 12.1 Å². The van der Waals surface area contributed by atoms with E-state index in [1.165, 1.54) is 30.3 Å². The SMILES string of the molecule is CCc1cc(-c2cnc(C3(F)CCN(C(=O)NC4=CC(C)C(C(F)(F)CC)C=N4)CC3)c(Cl)c2)no1. The third-order valence-electron chi connectivity index (χ3n) is 6.87. The van der Waals surface area contributed by atoms with Gasteiger partial charge in [-0.05, 0) is 18.1 Å². The van der Waals surface area contributed by atoms with Gasteiger partial charge in [-0.15, -0.1) is 0 Å². The second kappa shape index (κ2) is 10.2. The van der Waals surface area contributed by atoms with Gasteiger partial charge in [0, 0.05) is 62.8 Å². The predicted molar refractivity (Wildman–Crippen MR) is 131 cm³/mol. The summed E-state index contributed by atoms with van der Waals surface area (Å²) in [6.45, 7) is 5.31. The van der Waals surface area contributed by atoms with Gasteiger partial charge in [-0.25, -0.2) is 23.0 Å². The monoisotopic (exact) mass is 523 g/mol. The Morgan fingerprint density at radius 2 is 2.03 bits per heavy atom. The van der Waals surface area contributed by atoms with E-state index in [1.54, 1.807) is 19.1 Å². The molecule has 0 bridgehead atoms. The third kappa shape index (κ3) is 5.28. The summed E-state index contributed by atoms with van der Waals surface area (Å²) in [6, 6.07) is 2.95. The first-order valence-electron chi connectivity index (χ1n) is 12.1. The zero-order valence-electron chi connectivity index (χ0n) is 20.4. The molecule has 2 aliphatic heterocycles. The first-order chi connectivity index (χ1) is 17.1. The lowest BCUT2D eigenvalue weighted by atomic mass is 9.86. The van der Waals surface area contributed by atoms with Crippen LogP contribution in [0.1, 0.15) is 51.5 Å². The van der Waals surface area contributed by atoms with E-state index < -0.39 is 29.5 Å². The number of hydrogen-bond acceptors (Lipinski definition) is 5. The number of aromatic nitrogens is 2. The van der Waals surface area contributed by atoms with Gasteiger partial charge in [-0.3, -0.25) is 10.3 Å². The second-order valence-corrected chi connectivity index (χ2v) is 9.71. The molecular formula is C25H29ClF3N5O2. The average Bonchev–Trinajstić information content (AvgIpc) is 3.33. The number of pyridine rings is 1. The van der Waals surface area contributed by atoms with Crippen LogP contribution in [-0.4, -0.2) is 46.3 Å². The number of aryl methyl sites for hydroxylation is 1. The van der Waals surface area contributed by atoms with Gasteiger partial charge in [0.1, 0.15) is 17.3 Å². The minimum absolute atomic E-state index is 0.0138. The molecule has 194 valence electrons. The number of allylic oxidation sites excluding steroid dienone is 1. The number of alkyl halides is 3. The molecular weight excluding hydrogens is 495 g/mol. The molecule has 11 heteroatoms. The van der Waals surface area contributed by atoms with Crippen molar-refractivity contribution in [3.63, 3.8) is 0 Å². The summed E-state index contributed by atoms with van der Waals surface area (Å²) >= 11 is 6.41. The number of aliphatic imine (C=N–C) groups is 1. The average molecular weight is 524 g/mol. The Balaban J connectivity index is 1.37. The zero-order chi connectivity index (χ0) is 26.1. The summed E-state index contributed by atoms with van der Waals surface area (Å²) in [4.78, 5) is 22.5. The first-order valence-corrected chi connectivity index (χ1v) is 12.4. The molecule has 7 nitrogen and oxygen atoms in total. The maximum atomic E-state index is 15.8. The van der Waals surface area contributed by atoms with E-state index in [1.807, 2.05) is 6.92 Å². The maximum absolute atomic E-state index is 15.8. The number of rotatable bonds is 6. The van der Waals surface area contributed by atoms with Gasteiger partial charge in [-0.1, -0.05) is 37.5 Å². The number of hydrogen-bond donors (Lipinski definition) is 1. The number of piperidine rings is 1. The van der Waals surface area contributed by atoms with Crippen LogP contribution in [0, 0.1) is 11.8 Å². The molecule has 0 aliphatic carbocycles. The molecule has 0 radical (unpaired) electrons. The van der Waals surface area contributed by atoms with Gasteiger partial charge >= 0.3 is 6.03 Å². The number of likely N-dealkylation sites (tertiary alicyclic amines) is 1. The third-order valence-corrected chi connectivity index (χ3v) is 7.16. The number of urea groups is 1. The summed E-state index contributed by atoms with van der Waals surface area (Å²) < 4.78 is 49.2. The van der Waals surface area contributed by atoms with Crippen LogP contribution in [0.3, 0.4) is 0 Å². The highest BCUT2D eigenvalue weighted by Crippen LogP contribution is 2.40. The van der Waals surface area contributed by atoms with Crippen LogP contribution in [0.2, 0.25) is 5.02 Å². The van der Waals surface area contributed by atoms with E-state index in [9.17, 15) is 13.6 Å². The number of halogens is 4. The quantitative estimate of drug-likeness (QED) is 0.492. The summed E-state index contributed by atoms with van der Waals surface area (Å²) in [5.41, 5.74) is -0.461. The molecule has 4 heterocycles. The fourth-order valence-corrected chi connectivity index (χ4v) is 4.84. The number of nitrogens with zero attached hydrogens (tertiary/aromatic N) is 4. The Bertz CT molecular complexity index is 1170. The number of nitrogens with one attached hydrogen (secondary N) is 1. The maximum Gasteiger partial charge on any atom is 0.323 e. The summed E-state index contributed by atoms with van der Waals surface area (Å²) in [7, 11) is 0. The van der Waals surface area contributed by atoms with Crippen LogP contribution in [0.4, 0.5) is 18.0 Å². The molecule has 36 heavy (non-hydrogen) atoms. The zero-order valence-corrected chi connectivity index (χ0v) is 21.2. The van der Waals surface area contributed by atoms with Crippen molar-refractivity contribution in [1.82, 2.24) is 20.4 Å². The Morgan fingerprint density at radius 1 is 1.31 bits per heavy atom. The molecule has 2 amide bonds.